The van der Waals surface area contributed by atoms with Crippen molar-refractivity contribution in [3.05, 3.63) is 35.9 Å². The van der Waals surface area contributed by atoms with E-state index in [1.165, 1.54) is 7.11 Å². The molecule has 6 heteroatoms. The Morgan fingerprint density at radius 1 is 1.23 bits per heavy atom. The van der Waals surface area contributed by atoms with Crippen LogP contribution in [0.5, 0.6) is 0 Å². The van der Waals surface area contributed by atoms with Gasteiger partial charge in [-0.2, -0.15) is 0 Å². The Bertz CT molecular complexity index is 630. The number of carbonyl (C=O) groups excluding carboxylic acids is 3. The van der Waals surface area contributed by atoms with E-state index in [0.29, 0.717) is 25.8 Å². The summed E-state index contributed by atoms with van der Waals surface area (Å²) in [5.41, 5.74) is 1.08. The summed E-state index contributed by atoms with van der Waals surface area (Å²) < 4.78 is 4.80. The number of nitrogens with zero attached hydrogens (tertiary/aromatic N) is 1. The number of nitrogens with one attached hydrogen (secondary N) is 1. The van der Waals surface area contributed by atoms with Gasteiger partial charge in [-0.3, -0.25) is 9.59 Å². The summed E-state index contributed by atoms with van der Waals surface area (Å²) in [4.78, 5) is 38.7. The Balaban J connectivity index is 1.97. The van der Waals surface area contributed by atoms with Crippen LogP contribution in [0.2, 0.25) is 0 Å². The van der Waals surface area contributed by atoms with E-state index in [1.54, 1.807) is 4.90 Å². The third-order valence-electron chi connectivity index (χ3n) is 4.74. The first kappa shape index (κ1) is 19.9. The summed E-state index contributed by atoms with van der Waals surface area (Å²) in [6.07, 6.45) is 2.31. The maximum absolute atomic E-state index is 12.9. The monoisotopic (exact) mass is 360 g/mol. The van der Waals surface area contributed by atoms with E-state index in [-0.39, 0.29) is 17.7 Å². The normalized spacial score (nSPS) is 17.8. The van der Waals surface area contributed by atoms with Gasteiger partial charge < -0.3 is 15.0 Å². The molecule has 26 heavy (non-hydrogen) atoms. The van der Waals surface area contributed by atoms with E-state index in [1.807, 2.05) is 44.2 Å². The van der Waals surface area contributed by atoms with Crippen LogP contribution in [0.4, 0.5) is 0 Å². The maximum atomic E-state index is 12.9. The molecule has 1 N–H and O–H groups in total. The van der Waals surface area contributed by atoms with Crippen molar-refractivity contribution in [1.29, 1.82) is 0 Å². The lowest BCUT2D eigenvalue weighted by Crippen LogP contribution is -2.54. The fraction of sp³-hybridized carbons (Fsp3) is 0.550. The van der Waals surface area contributed by atoms with Crippen LogP contribution in [0.25, 0.3) is 0 Å². The van der Waals surface area contributed by atoms with Gasteiger partial charge in [0.05, 0.1) is 7.11 Å². The summed E-state index contributed by atoms with van der Waals surface area (Å²) in [5, 5.41) is 2.86. The molecule has 1 aliphatic heterocycles. The Morgan fingerprint density at radius 2 is 1.92 bits per heavy atom. The Hall–Kier alpha value is -2.37. The van der Waals surface area contributed by atoms with Crippen LogP contribution < -0.4 is 5.32 Å². The fourth-order valence-corrected chi connectivity index (χ4v) is 3.25. The van der Waals surface area contributed by atoms with Crippen LogP contribution in [-0.4, -0.2) is 48.4 Å². The summed E-state index contributed by atoms with van der Waals surface area (Å²) in [6.45, 7) is 4.30. The van der Waals surface area contributed by atoms with Gasteiger partial charge in [0.1, 0.15) is 12.1 Å². The Kier molecular flexibility index (Phi) is 7.18. The van der Waals surface area contributed by atoms with Gasteiger partial charge >= 0.3 is 5.97 Å². The minimum Gasteiger partial charge on any atom is -0.467 e. The number of rotatable bonds is 7. The first-order valence-electron chi connectivity index (χ1n) is 9.15. The van der Waals surface area contributed by atoms with E-state index in [9.17, 15) is 14.4 Å². The molecular formula is C20H28N2O4. The molecule has 142 valence electrons. The first-order chi connectivity index (χ1) is 12.4. The smallest absolute Gasteiger partial charge is 0.328 e. The zero-order valence-corrected chi connectivity index (χ0v) is 15.7. The molecule has 0 saturated carbocycles. The topological polar surface area (TPSA) is 75.7 Å². The minimum atomic E-state index is -0.636. The highest BCUT2D eigenvalue weighted by Crippen LogP contribution is 2.21. The van der Waals surface area contributed by atoms with E-state index >= 15 is 0 Å². The van der Waals surface area contributed by atoms with Crippen LogP contribution in [0.1, 0.15) is 38.7 Å². The van der Waals surface area contributed by atoms with Crippen LogP contribution >= 0.6 is 0 Å². The third-order valence-corrected chi connectivity index (χ3v) is 4.74. The molecule has 0 radical (unpaired) electrons. The highest BCUT2D eigenvalue weighted by atomic mass is 16.5. The number of benzene rings is 1. The van der Waals surface area contributed by atoms with Crippen molar-refractivity contribution in [1.82, 2.24) is 10.2 Å². The average molecular weight is 360 g/mol. The number of hydrogen-bond acceptors (Lipinski definition) is 4. The van der Waals surface area contributed by atoms with Gasteiger partial charge in [0.2, 0.25) is 11.8 Å². The molecule has 0 aliphatic carbocycles. The van der Waals surface area contributed by atoms with Crippen LogP contribution in [0.3, 0.4) is 0 Å². The lowest BCUT2D eigenvalue weighted by molar-refractivity contribution is -0.152. The summed E-state index contributed by atoms with van der Waals surface area (Å²) in [6, 6.07) is 8.58. The Labute approximate surface area is 154 Å². The van der Waals surface area contributed by atoms with Gasteiger partial charge in [0.15, 0.2) is 0 Å². The molecule has 1 fully saturated rings. The number of aryl methyl sites for hydroxylation is 1. The number of methoxy groups -OCH3 is 1. The van der Waals surface area contributed by atoms with Gasteiger partial charge in [0, 0.05) is 13.0 Å². The Morgan fingerprint density at radius 3 is 2.54 bits per heavy atom. The van der Waals surface area contributed by atoms with Crippen molar-refractivity contribution in [2.75, 3.05) is 13.7 Å². The number of amides is 2. The molecule has 1 aliphatic rings. The van der Waals surface area contributed by atoms with Crippen molar-refractivity contribution in [2.45, 2.75) is 51.6 Å². The summed E-state index contributed by atoms with van der Waals surface area (Å²) >= 11 is 0. The largest absolute Gasteiger partial charge is 0.467 e. The molecule has 1 aromatic rings. The third kappa shape index (κ3) is 5.07. The standard InChI is InChI=1S/C20H28N2O4/c1-14(2)18(19(24)22-13-7-10-16(22)20(25)26-3)21-17(23)12-11-15-8-5-4-6-9-15/h4-6,8-9,14,16,18H,7,10-13H2,1-3H3,(H,21,23)/t16?,18-/m0/s1. The summed E-state index contributed by atoms with van der Waals surface area (Å²) in [7, 11) is 1.33. The number of carbonyl (C=O) groups is 3. The van der Waals surface area contributed by atoms with Crippen LogP contribution in [0, 0.1) is 5.92 Å². The van der Waals surface area contributed by atoms with Crippen LogP contribution in [0.15, 0.2) is 30.3 Å². The lowest BCUT2D eigenvalue weighted by Gasteiger charge is -2.29. The lowest BCUT2D eigenvalue weighted by atomic mass is 10.0. The minimum absolute atomic E-state index is 0.0675. The molecule has 6 nitrogen and oxygen atoms in total. The number of likely N-dealkylation sites (tertiary alicyclic amines) is 1. The van der Waals surface area contributed by atoms with E-state index in [4.69, 9.17) is 4.74 Å². The van der Waals surface area contributed by atoms with Crippen LogP contribution in [-0.2, 0) is 25.5 Å². The number of hydrogen-bond donors (Lipinski definition) is 1. The molecule has 0 aromatic heterocycles. The van der Waals surface area contributed by atoms with Crippen molar-refractivity contribution >= 4 is 17.8 Å². The highest BCUT2D eigenvalue weighted by Gasteiger charge is 2.39. The molecule has 1 aromatic carbocycles. The second-order valence-corrected chi connectivity index (χ2v) is 6.99. The molecule has 1 heterocycles. The molecule has 2 rings (SSSR count). The molecular weight excluding hydrogens is 332 g/mol. The van der Waals surface area contributed by atoms with E-state index < -0.39 is 18.1 Å². The van der Waals surface area contributed by atoms with Crippen molar-refractivity contribution in [3.63, 3.8) is 0 Å². The molecule has 2 amide bonds. The van der Waals surface area contributed by atoms with Gasteiger partial charge in [0.25, 0.3) is 0 Å². The van der Waals surface area contributed by atoms with Gasteiger partial charge in [-0.25, -0.2) is 4.79 Å². The van der Waals surface area contributed by atoms with Crippen molar-refractivity contribution in [2.24, 2.45) is 5.92 Å². The van der Waals surface area contributed by atoms with Crippen molar-refractivity contribution in [3.8, 4) is 0 Å². The zero-order valence-electron chi connectivity index (χ0n) is 15.7. The van der Waals surface area contributed by atoms with Crippen molar-refractivity contribution < 1.29 is 19.1 Å². The second kappa shape index (κ2) is 9.36. The quantitative estimate of drug-likeness (QED) is 0.754. The SMILES string of the molecule is COC(=O)C1CCCN1C(=O)[C@@H](NC(=O)CCc1ccccc1)C(C)C. The van der Waals surface area contributed by atoms with Gasteiger partial charge in [-0.05, 0) is 30.7 Å². The molecule has 0 spiro atoms. The molecule has 2 atom stereocenters. The molecule has 1 saturated heterocycles. The van der Waals surface area contributed by atoms with E-state index in [0.717, 1.165) is 12.0 Å². The predicted molar refractivity (Wildman–Crippen MR) is 98.3 cm³/mol. The molecule has 0 bridgehead atoms. The zero-order chi connectivity index (χ0) is 19.1. The van der Waals surface area contributed by atoms with E-state index in [2.05, 4.69) is 5.32 Å². The average Bonchev–Trinajstić information content (AvgIpc) is 3.13. The first-order valence-corrected chi connectivity index (χ1v) is 9.15. The second-order valence-electron chi connectivity index (χ2n) is 6.99. The fourth-order valence-electron chi connectivity index (χ4n) is 3.25. The maximum Gasteiger partial charge on any atom is 0.328 e. The number of ether oxygens (including phenoxy) is 1. The number of esters is 1. The summed E-state index contributed by atoms with van der Waals surface area (Å²) in [5.74, 6) is -0.827. The van der Waals surface area contributed by atoms with Gasteiger partial charge in [-0.1, -0.05) is 44.2 Å². The molecule has 1 unspecified atom stereocenters. The van der Waals surface area contributed by atoms with Gasteiger partial charge in [-0.15, -0.1) is 0 Å². The highest BCUT2D eigenvalue weighted by molar-refractivity contribution is 5.91. The predicted octanol–water partition coefficient (Wildman–Crippen LogP) is 1.92.